The van der Waals surface area contributed by atoms with Gasteiger partial charge in [-0.15, -0.1) is 0 Å². The Bertz CT molecular complexity index is 1130. The lowest BCUT2D eigenvalue weighted by Crippen LogP contribution is -1.86. The largest absolute Gasteiger partial charge is 0.333 e. The van der Waals surface area contributed by atoms with Crippen LogP contribution in [0.1, 0.15) is 30.4 Å². The lowest BCUT2D eigenvalue weighted by Gasteiger charge is -1.99. The molecule has 4 aromatic rings. The van der Waals surface area contributed by atoms with Crippen LogP contribution in [-0.2, 0) is 0 Å². The Labute approximate surface area is 176 Å². The molecule has 0 fully saturated rings. The molecule has 0 aliphatic rings. The summed E-state index contributed by atoms with van der Waals surface area (Å²) in [6.45, 7) is 0. The number of H-pyrrole nitrogens is 2. The van der Waals surface area contributed by atoms with Crippen LogP contribution in [-0.4, -0.2) is 31.4 Å². The van der Waals surface area contributed by atoms with Gasteiger partial charge < -0.3 is 9.97 Å². The summed E-state index contributed by atoms with van der Waals surface area (Å²) in [6, 6.07) is 15.3. The second kappa shape index (κ2) is 9.04. The average molecular weight is 419 g/mol. The predicted octanol–water partition coefficient (Wildman–Crippen LogP) is 5.24. The van der Waals surface area contributed by atoms with E-state index in [1.54, 1.807) is 35.7 Å². The van der Waals surface area contributed by atoms with Gasteiger partial charge in [-0.3, -0.25) is 0 Å². The van der Waals surface area contributed by atoms with E-state index < -0.39 is 0 Å². The van der Waals surface area contributed by atoms with Crippen molar-refractivity contribution < 1.29 is 0 Å². The van der Waals surface area contributed by atoms with Crippen molar-refractivity contribution in [2.45, 2.75) is 29.6 Å². The van der Waals surface area contributed by atoms with E-state index in [1.807, 2.05) is 24.3 Å². The summed E-state index contributed by atoms with van der Waals surface area (Å²) in [5, 5.41) is 19.8. The molecule has 4 rings (SSSR count). The Morgan fingerprint density at radius 1 is 0.724 bits per heavy atom. The van der Waals surface area contributed by atoms with Gasteiger partial charge in [0.05, 0.1) is 45.3 Å². The number of fused-ring (bicyclic) bond motifs is 2. The number of hydrogen-bond donors (Lipinski definition) is 2. The zero-order valence-electron chi connectivity index (χ0n) is 15.6. The molecule has 29 heavy (non-hydrogen) atoms. The molecule has 0 radical (unpaired) electrons. The third-order valence-electron chi connectivity index (χ3n) is 4.44. The summed E-state index contributed by atoms with van der Waals surface area (Å²) in [7, 11) is 0. The summed E-state index contributed by atoms with van der Waals surface area (Å²) < 4.78 is 0. The number of nitrogens with one attached hydrogen (secondary N) is 2. The zero-order chi connectivity index (χ0) is 20.1. The number of imidazole rings is 2. The molecule has 2 N–H and O–H groups in total. The maximum Gasteiger partial charge on any atom is 0.166 e. The zero-order valence-corrected chi connectivity index (χ0v) is 17.2. The monoisotopic (exact) mass is 418 g/mol. The highest BCUT2D eigenvalue weighted by molar-refractivity contribution is 7.99. The minimum absolute atomic E-state index is 0.644. The fraction of sp³-hybridized carbons (Fsp3) is 0.238. The van der Waals surface area contributed by atoms with Crippen LogP contribution in [0.25, 0.3) is 22.1 Å². The van der Waals surface area contributed by atoms with Gasteiger partial charge >= 0.3 is 0 Å². The SMILES string of the molecule is N#Cc1ccc2nc(SCCCCCSc3nc4ccc(C#N)cc4[nH]3)[nH]c2c1. The molecular formula is C21H18N6S2. The van der Waals surface area contributed by atoms with Gasteiger partial charge in [-0.05, 0) is 49.2 Å². The molecule has 0 aliphatic heterocycles. The highest BCUT2D eigenvalue weighted by Crippen LogP contribution is 2.23. The van der Waals surface area contributed by atoms with Gasteiger partial charge in [-0.1, -0.05) is 29.9 Å². The second-order valence-electron chi connectivity index (χ2n) is 6.53. The Balaban J connectivity index is 1.18. The van der Waals surface area contributed by atoms with Crippen molar-refractivity contribution in [1.29, 1.82) is 10.5 Å². The first-order chi connectivity index (χ1) is 14.2. The van der Waals surface area contributed by atoms with Crippen molar-refractivity contribution in [1.82, 2.24) is 19.9 Å². The van der Waals surface area contributed by atoms with Crippen LogP contribution in [0.2, 0.25) is 0 Å². The Kier molecular flexibility index (Phi) is 6.04. The number of nitrogens with zero attached hydrogens (tertiary/aromatic N) is 4. The number of aromatic nitrogens is 4. The lowest BCUT2D eigenvalue weighted by molar-refractivity contribution is 0.783. The molecule has 0 aliphatic carbocycles. The standard InChI is InChI=1S/C21H18N6S2/c22-12-14-4-6-16-18(10-14)26-20(24-16)28-8-2-1-3-9-29-21-25-17-7-5-15(13-23)11-19(17)27-21/h4-7,10-11H,1-3,8-9H2,(H,24,26)(H,25,27). The van der Waals surface area contributed by atoms with Crippen LogP contribution >= 0.6 is 23.5 Å². The van der Waals surface area contributed by atoms with Gasteiger partial charge in [-0.25, -0.2) is 9.97 Å². The molecule has 0 saturated carbocycles. The van der Waals surface area contributed by atoms with Gasteiger partial charge in [-0.2, -0.15) is 10.5 Å². The number of nitriles is 2. The van der Waals surface area contributed by atoms with Crippen molar-refractivity contribution in [3.8, 4) is 12.1 Å². The summed E-state index contributed by atoms with van der Waals surface area (Å²) in [4.78, 5) is 15.7. The molecule has 2 aromatic carbocycles. The molecule has 0 bridgehead atoms. The average Bonchev–Trinajstić information content (AvgIpc) is 3.34. The van der Waals surface area contributed by atoms with E-state index in [2.05, 4.69) is 32.1 Å². The number of hydrogen-bond acceptors (Lipinski definition) is 6. The molecule has 0 atom stereocenters. The highest BCUT2D eigenvalue weighted by atomic mass is 32.2. The van der Waals surface area contributed by atoms with Crippen LogP contribution in [0.15, 0.2) is 46.7 Å². The number of thioether (sulfide) groups is 2. The lowest BCUT2D eigenvalue weighted by atomic mass is 10.2. The molecule has 6 nitrogen and oxygen atoms in total. The predicted molar refractivity (Wildman–Crippen MR) is 117 cm³/mol. The summed E-state index contributed by atoms with van der Waals surface area (Å²) in [6.07, 6.45) is 3.40. The number of unbranched alkanes of at least 4 members (excludes halogenated alkanes) is 2. The first-order valence-corrected chi connectivity index (χ1v) is 11.3. The maximum atomic E-state index is 8.97. The van der Waals surface area contributed by atoms with Crippen LogP contribution in [0, 0.1) is 22.7 Å². The first-order valence-electron chi connectivity index (χ1n) is 9.30. The van der Waals surface area contributed by atoms with Gasteiger partial charge in [0.1, 0.15) is 0 Å². The summed E-state index contributed by atoms with van der Waals surface area (Å²) in [5.41, 5.74) is 4.91. The fourth-order valence-electron chi connectivity index (χ4n) is 2.97. The quantitative estimate of drug-likeness (QED) is 0.299. The van der Waals surface area contributed by atoms with E-state index in [9.17, 15) is 0 Å². The first kappa shape index (κ1) is 19.4. The topological polar surface area (TPSA) is 105 Å². The fourth-order valence-corrected chi connectivity index (χ4v) is 4.74. The van der Waals surface area contributed by atoms with Gasteiger partial charge in [0.15, 0.2) is 10.3 Å². The van der Waals surface area contributed by atoms with Gasteiger partial charge in [0.25, 0.3) is 0 Å². The Hall–Kier alpha value is -2.94. The van der Waals surface area contributed by atoms with Crippen LogP contribution in [0.3, 0.4) is 0 Å². The van der Waals surface area contributed by atoms with E-state index in [4.69, 9.17) is 10.5 Å². The minimum Gasteiger partial charge on any atom is -0.333 e. The van der Waals surface area contributed by atoms with E-state index in [0.29, 0.717) is 11.1 Å². The van der Waals surface area contributed by atoms with E-state index in [1.165, 1.54) is 0 Å². The van der Waals surface area contributed by atoms with E-state index >= 15 is 0 Å². The minimum atomic E-state index is 0.644. The van der Waals surface area contributed by atoms with Crippen molar-refractivity contribution >= 4 is 45.6 Å². The third-order valence-corrected chi connectivity index (χ3v) is 6.36. The molecule has 144 valence electrons. The molecule has 0 spiro atoms. The van der Waals surface area contributed by atoms with Crippen molar-refractivity contribution in [3.63, 3.8) is 0 Å². The van der Waals surface area contributed by atoms with Crippen molar-refractivity contribution in [2.24, 2.45) is 0 Å². The number of benzene rings is 2. The molecule has 0 saturated heterocycles. The van der Waals surface area contributed by atoms with Gasteiger partial charge in [0.2, 0.25) is 0 Å². The van der Waals surface area contributed by atoms with Crippen LogP contribution in [0.5, 0.6) is 0 Å². The number of rotatable bonds is 8. The smallest absolute Gasteiger partial charge is 0.166 e. The Morgan fingerprint density at radius 3 is 1.66 bits per heavy atom. The molecule has 0 unspecified atom stereocenters. The van der Waals surface area contributed by atoms with Crippen molar-refractivity contribution in [2.75, 3.05) is 11.5 Å². The molecule has 2 aromatic heterocycles. The highest BCUT2D eigenvalue weighted by Gasteiger charge is 2.06. The molecule has 0 amide bonds. The normalized spacial score (nSPS) is 11.0. The molecule has 8 heteroatoms. The maximum absolute atomic E-state index is 8.97. The van der Waals surface area contributed by atoms with Crippen LogP contribution in [0.4, 0.5) is 0 Å². The number of aromatic amines is 2. The summed E-state index contributed by atoms with van der Waals surface area (Å²) >= 11 is 3.44. The van der Waals surface area contributed by atoms with Crippen molar-refractivity contribution in [3.05, 3.63) is 47.5 Å². The second-order valence-corrected chi connectivity index (χ2v) is 8.70. The van der Waals surface area contributed by atoms with Gasteiger partial charge in [0, 0.05) is 11.5 Å². The van der Waals surface area contributed by atoms with Crippen LogP contribution < -0.4 is 0 Å². The molecule has 2 heterocycles. The summed E-state index contributed by atoms with van der Waals surface area (Å²) in [5.74, 6) is 2.02. The van der Waals surface area contributed by atoms with E-state index in [-0.39, 0.29) is 0 Å². The molecular weight excluding hydrogens is 400 g/mol. The van der Waals surface area contributed by atoms with E-state index in [0.717, 1.165) is 63.1 Å². The Morgan fingerprint density at radius 2 is 1.21 bits per heavy atom. The third kappa shape index (κ3) is 4.73.